The molecule has 1 amide bonds. The maximum absolute atomic E-state index is 12.3. The lowest BCUT2D eigenvalue weighted by atomic mass is 9.74. The van der Waals surface area contributed by atoms with Crippen LogP contribution in [0, 0.1) is 6.92 Å². The van der Waals surface area contributed by atoms with E-state index in [1.165, 1.54) is 6.42 Å². The van der Waals surface area contributed by atoms with E-state index in [1.54, 1.807) is 24.3 Å². The molecule has 0 heterocycles. The summed E-state index contributed by atoms with van der Waals surface area (Å²) in [5, 5.41) is 11.8. The molecule has 0 spiro atoms. The molecule has 1 aliphatic rings. The number of nitrogens with one attached hydrogen (secondary N) is 1. The standard InChI is InChI=1S/C17H21NO3/c1-3-17(9-4-10-17)18-16(21)14-6-5-13(12(2)11-14)7-8-15(19)20/h5-8,11H,3-4,9-10H2,1-2H3,(H,18,21)(H,19,20)/b8-7+. The van der Waals surface area contributed by atoms with Crippen LogP contribution in [0.2, 0.25) is 0 Å². The van der Waals surface area contributed by atoms with E-state index >= 15 is 0 Å². The number of carboxylic acid groups (broad SMARTS) is 1. The van der Waals surface area contributed by atoms with Gasteiger partial charge in [-0.15, -0.1) is 0 Å². The van der Waals surface area contributed by atoms with Crippen molar-refractivity contribution in [3.05, 3.63) is 41.0 Å². The fraction of sp³-hybridized carbons (Fsp3) is 0.412. The highest BCUT2D eigenvalue weighted by Gasteiger charge is 2.36. The first-order valence-corrected chi connectivity index (χ1v) is 7.30. The minimum Gasteiger partial charge on any atom is -0.478 e. The zero-order valence-corrected chi connectivity index (χ0v) is 12.5. The fourth-order valence-electron chi connectivity index (χ4n) is 2.65. The minimum atomic E-state index is -0.980. The number of hydrogen-bond acceptors (Lipinski definition) is 2. The maximum Gasteiger partial charge on any atom is 0.328 e. The number of carbonyl (C=O) groups excluding carboxylic acids is 1. The molecule has 0 saturated heterocycles. The van der Waals surface area contributed by atoms with Crippen molar-refractivity contribution in [1.82, 2.24) is 5.32 Å². The molecule has 112 valence electrons. The molecule has 4 heteroatoms. The van der Waals surface area contributed by atoms with Crippen molar-refractivity contribution in [2.75, 3.05) is 0 Å². The van der Waals surface area contributed by atoms with Crippen LogP contribution in [0.1, 0.15) is 54.1 Å². The first kappa shape index (κ1) is 15.3. The summed E-state index contributed by atoms with van der Waals surface area (Å²) in [6, 6.07) is 5.33. The average Bonchev–Trinajstić information content (AvgIpc) is 2.41. The molecule has 1 aliphatic carbocycles. The number of hydrogen-bond donors (Lipinski definition) is 2. The molecule has 0 radical (unpaired) electrons. The Morgan fingerprint density at radius 3 is 2.57 bits per heavy atom. The molecule has 0 atom stereocenters. The molecule has 21 heavy (non-hydrogen) atoms. The van der Waals surface area contributed by atoms with Gasteiger partial charge in [0.1, 0.15) is 0 Å². The third-order valence-electron chi connectivity index (χ3n) is 4.30. The van der Waals surface area contributed by atoms with Crippen LogP contribution in [0.25, 0.3) is 6.08 Å². The number of aryl methyl sites for hydroxylation is 1. The summed E-state index contributed by atoms with van der Waals surface area (Å²) < 4.78 is 0. The quantitative estimate of drug-likeness (QED) is 0.817. The first-order chi connectivity index (χ1) is 9.96. The smallest absolute Gasteiger partial charge is 0.328 e. The molecule has 2 rings (SSSR count). The van der Waals surface area contributed by atoms with E-state index in [2.05, 4.69) is 12.2 Å². The lowest BCUT2D eigenvalue weighted by molar-refractivity contribution is -0.131. The molecule has 4 nitrogen and oxygen atoms in total. The Bertz CT molecular complexity index is 580. The molecule has 1 saturated carbocycles. The third kappa shape index (κ3) is 3.51. The Kier molecular flexibility index (Phi) is 4.46. The van der Waals surface area contributed by atoms with Crippen molar-refractivity contribution in [3.63, 3.8) is 0 Å². The molecular weight excluding hydrogens is 266 g/mol. The summed E-state index contributed by atoms with van der Waals surface area (Å²) in [4.78, 5) is 22.9. The van der Waals surface area contributed by atoms with Gasteiger partial charge < -0.3 is 10.4 Å². The Hall–Kier alpha value is -2.10. The van der Waals surface area contributed by atoms with E-state index in [9.17, 15) is 9.59 Å². The van der Waals surface area contributed by atoms with Crippen LogP contribution in [-0.4, -0.2) is 22.5 Å². The Morgan fingerprint density at radius 2 is 2.10 bits per heavy atom. The van der Waals surface area contributed by atoms with Gasteiger partial charge in [-0.25, -0.2) is 4.79 Å². The normalized spacial score (nSPS) is 16.5. The van der Waals surface area contributed by atoms with Gasteiger partial charge >= 0.3 is 5.97 Å². The topological polar surface area (TPSA) is 66.4 Å². The van der Waals surface area contributed by atoms with E-state index in [1.807, 2.05) is 6.92 Å². The van der Waals surface area contributed by atoms with Gasteiger partial charge in [-0.1, -0.05) is 13.0 Å². The van der Waals surface area contributed by atoms with Crippen molar-refractivity contribution >= 4 is 18.0 Å². The predicted molar refractivity (Wildman–Crippen MR) is 82.2 cm³/mol. The van der Waals surface area contributed by atoms with Gasteiger partial charge in [-0.05, 0) is 61.9 Å². The number of benzene rings is 1. The molecule has 0 aliphatic heterocycles. The molecule has 0 unspecified atom stereocenters. The second-order valence-electron chi connectivity index (χ2n) is 5.68. The van der Waals surface area contributed by atoms with Crippen molar-refractivity contribution in [3.8, 4) is 0 Å². The van der Waals surface area contributed by atoms with Crippen molar-refractivity contribution in [2.24, 2.45) is 0 Å². The largest absolute Gasteiger partial charge is 0.478 e. The van der Waals surface area contributed by atoms with Gasteiger partial charge in [0.15, 0.2) is 0 Å². The van der Waals surface area contributed by atoms with Gasteiger partial charge in [0.2, 0.25) is 0 Å². The zero-order chi connectivity index (χ0) is 15.5. The number of aliphatic carboxylic acids is 1. The Labute approximate surface area is 124 Å². The highest BCUT2D eigenvalue weighted by molar-refractivity contribution is 5.95. The Balaban J connectivity index is 2.12. The van der Waals surface area contributed by atoms with Gasteiger partial charge in [0.25, 0.3) is 5.91 Å². The van der Waals surface area contributed by atoms with E-state index < -0.39 is 5.97 Å². The summed E-state index contributed by atoms with van der Waals surface area (Å²) in [7, 11) is 0. The van der Waals surface area contributed by atoms with Gasteiger partial charge in [0, 0.05) is 17.2 Å². The number of amides is 1. The van der Waals surface area contributed by atoms with Gasteiger partial charge in [0.05, 0.1) is 0 Å². The monoisotopic (exact) mass is 287 g/mol. The van der Waals surface area contributed by atoms with Crippen LogP contribution < -0.4 is 5.32 Å². The third-order valence-corrected chi connectivity index (χ3v) is 4.30. The van der Waals surface area contributed by atoms with Gasteiger partial charge in [-0.3, -0.25) is 4.79 Å². The van der Waals surface area contributed by atoms with Crippen molar-refractivity contribution < 1.29 is 14.7 Å². The van der Waals surface area contributed by atoms with Crippen LogP contribution in [-0.2, 0) is 4.79 Å². The number of rotatable bonds is 5. The van der Waals surface area contributed by atoms with E-state index in [-0.39, 0.29) is 11.4 Å². The van der Waals surface area contributed by atoms with E-state index in [4.69, 9.17) is 5.11 Å². The summed E-state index contributed by atoms with van der Waals surface area (Å²) >= 11 is 0. The molecular formula is C17H21NO3. The van der Waals surface area contributed by atoms with Crippen LogP contribution >= 0.6 is 0 Å². The number of carboxylic acids is 1. The van der Waals surface area contributed by atoms with Crippen molar-refractivity contribution in [1.29, 1.82) is 0 Å². The molecule has 0 aromatic heterocycles. The lowest BCUT2D eigenvalue weighted by Gasteiger charge is -2.42. The molecule has 1 aromatic carbocycles. The zero-order valence-electron chi connectivity index (χ0n) is 12.5. The Morgan fingerprint density at radius 1 is 1.38 bits per heavy atom. The van der Waals surface area contributed by atoms with E-state index in [0.717, 1.165) is 36.5 Å². The van der Waals surface area contributed by atoms with E-state index in [0.29, 0.717) is 5.56 Å². The highest BCUT2D eigenvalue weighted by atomic mass is 16.4. The molecule has 1 fully saturated rings. The molecule has 1 aromatic rings. The van der Waals surface area contributed by atoms with Crippen molar-refractivity contribution in [2.45, 2.75) is 45.1 Å². The minimum absolute atomic E-state index is 0.0210. The second kappa shape index (κ2) is 6.12. The second-order valence-corrected chi connectivity index (χ2v) is 5.68. The molecule has 0 bridgehead atoms. The van der Waals surface area contributed by atoms with Crippen LogP contribution in [0.4, 0.5) is 0 Å². The predicted octanol–water partition coefficient (Wildman–Crippen LogP) is 3.16. The summed E-state index contributed by atoms with van der Waals surface area (Å²) in [5.41, 5.74) is 2.30. The van der Waals surface area contributed by atoms with Crippen LogP contribution in [0.5, 0.6) is 0 Å². The number of carbonyl (C=O) groups is 2. The highest BCUT2D eigenvalue weighted by Crippen LogP contribution is 2.34. The fourth-order valence-corrected chi connectivity index (χ4v) is 2.65. The summed E-state index contributed by atoms with van der Waals surface area (Å²) in [6.07, 6.45) is 6.87. The maximum atomic E-state index is 12.3. The van der Waals surface area contributed by atoms with Crippen LogP contribution in [0.15, 0.2) is 24.3 Å². The average molecular weight is 287 g/mol. The summed E-state index contributed by atoms with van der Waals surface area (Å²) in [5.74, 6) is -1.03. The van der Waals surface area contributed by atoms with Crippen LogP contribution in [0.3, 0.4) is 0 Å². The summed E-state index contributed by atoms with van der Waals surface area (Å²) in [6.45, 7) is 3.97. The SMILES string of the molecule is CCC1(NC(=O)c2ccc(/C=C/C(=O)O)c(C)c2)CCC1. The lowest BCUT2D eigenvalue weighted by Crippen LogP contribution is -2.52. The van der Waals surface area contributed by atoms with Gasteiger partial charge in [-0.2, -0.15) is 0 Å². The first-order valence-electron chi connectivity index (χ1n) is 7.30. The molecule has 2 N–H and O–H groups in total.